The summed E-state index contributed by atoms with van der Waals surface area (Å²) in [6.45, 7) is 0.423. The summed E-state index contributed by atoms with van der Waals surface area (Å²) in [5.74, 6) is -0.560. The molecule has 26 heavy (non-hydrogen) atoms. The van der Waals surface area contributed by atoms with Gasteiger partial charge in [0.1, 0.15) is 0 Å². The van der Waals surface area contributed by atoms with Crippen molar-refractivity contribution in [3.63, 3.8) is 0 Å². The Balaban J connectivity index is 1.82. The summed E-state index contributed by atoms with van der Waals surface area (Å²) in [7, 11) is 0. The van der Waals surface area contributed by atoms with Crippen molar-refractivity contribution in [2.75, 3.05) is 5.32 Å². The van der Waals surface area contributed by atoms with Crippen LogP contribution in [0.2, 0.25) is 5.02 Å². The zero-order valence-corrected chi connectivity index (χ0v) is 14.9. The quantitative estimate of drug-likeness (QED) is 0.505. The molecule has 3 rings (SSSR count). The molecule has 0 spiro atoms. The van der Waals surface area contributed by atoms with E-state index in [9.17, 15) is 14.9 Å². The van der Waals surface area contributed by atoms with Crippen LogP contribution in [0.4, 0.5) is 10.8 Å². The van der Waals surface area contributed by atoms with E-state index in [4.69, 9.17) is 17.3 Å². The smallest absolute Gasteiger partial charge is 0.270 e. The van der Waals surface area contributed by atoms with Crippen molar-refractivity contribution >= 4 is 39.7 Å². The molecule has 1 aromatic heterocycles. The van der Waals surface area contributed by atoms with Crippen LogP contribution < -0.4 is 11.1 Å². The van der Waals surface area contributed by atoms with E-state index in [1.807, 2.05) is 24.3 Å². The third-order valence-electron chi connectivity index (χ3n) is 3.59. The highest BCUT2D eigenvalue weighted by atomic mass is 35.5. The second-order valence-electron chi connectivity index (χ2n) is 5.32. The summed E-state index contributed by atoms with van der Waals surface area (Å²) in [6, 6.07) is 11.3. The van der Waals surface area contributed by atoms with Crippen molar-refractivity contribution in [3.8, 4) is 11.3 Å². The number of aromatic nitrogens is 1. The Kier molecular flexibility index (Phi) is 5.27. The van der Waals surface area contributed by atoms with Crippen molar-refractivity contribution in [1.82, 2.24) is 4.98 Å². The number of anilines is 1. The van der Waals surface area contributed by atoms with Gasteiger partial charge in [0.25, 0.3) is 11.6 Å². The summed E-state index contributed by atoms with van der Waals surface area (Å²) in [5, 5.41) is 15.8. The van der Waals surface area contributed by atoms with Gasteiger partial charge in [0, 0.05) is 29.6 Å². The topological polar surface area (TPSA) is 111 Å². The first kappa shape index (κ1) is 18.0. The molecule has 1 amide bonds. The lowest BCUT2D eigenvalue weighted by Crippen LogP contribution is -2.12. The van der Waals surface area contributed by atoms with E-state index in [1.165, 1.54) is 23.5 Å². The van der Waals surface area contributed by atoms with Crippen molar-refractivity contribution < 1.29 is 9.72 Å². The molecule has 0 bridgehead atoms. The highest BCUT2D eigenvalue weighted by Gasteiger charge is 2.17. The molecule has 2 aromatic carbocycles. The van der Waals surface area contributed by atoms with Gasteiger partial charge in [-0.2, -0.15) is 0 Å². The second-order valence-corrected chi connectivity index (χ2v) is 6.58. The molecule has 3 N–H and O–H groups in total. The predicted octanol–water partition coefficient (Wildman–Crippen LogP) is 4.08. The molecule has 0 radical (unpaired) electrons. The van der Waals surface area contributed by atoms with Gasteiger partial charge in [0.2, 0.25) is 0 Å². The standard InChI is InChI=1S/C17H13ClN4O3S/c18-14-5-4-12(22(24)25)7-13(14)16(23)21-17-20-15(9-26-17)11-3-1-2-10(6-11)8-19/h1-7,9H,8,19H2,(H,20,21,23). The molecule has 0 unspecified atom stereocenters. The Labute approximate surface area is 157 Å². The maximum atomic E-state index is 12.4. The average molecular weight is 389 g/mol. The van der Waals surface area contributed by atoms with Gasteiger partial charge in [-0.15, -0.1) is 11.3 Å². The maximum Gasteiger partial charge on any atom is 0.270 e. The summed E-state index contributed by atoms with van der Waals surface area (Å²) in [5.41, 5.74) is 8.01. The number of rotatable bonds is 5. The van der Waals surface area contributed by atoms with E-state index in [1.54, 1.807) is 5.38 Å². The largest absolute Gasteiger partial charge is 0.326 e. The number of carbonyl (C=O) groups is 1. The Morgan fingerprint density at radius 3 is 2.85 bits per heavy atom. The molecule has 3 aromatic rings. The van der Waals surface area contributed by atoms with Gasteiger partial charge in [-0.25, -0.2) is 4.98 Å². The second kappa shape index (κ2) is 7.61. The van der Waals surface area contributed by atoms with Crippen LogP contribution in [0.3, 0.4) is 0 Å². The van der Waals surface area contributed by atoms with Gasteiger partial charge in [-0.05, 0) is 17.7 Å². The zero-order chi connectivity index (χ0) is 18.7. The molecule has 132 valence electrons. The number of nitro benzene ring substituents is 1. The van der Waals surface area contributed by atoms with Gasteiger partial charge in [0.15, 0.2) is 5.13 Å². The van der Waals surface area contributed by atoms with Crippen LogP contribution in [-0.4, -0.2) is 15.8 Å². The van der Waals surface area contributed by atoms with Crippen LogP contribution in [0.25, 0.3) is 11.3 Å². The molecule has 0 saturated heterocycles. The van der Waals surface area contributed by atoms with E-state index in [0.29, 0.717) is 17.4 Å². The fraction of sp³-hybridized carbons (Fsp3) is 0.0588. The number of hydrogen-bond acceptors (Lipinski definition) is 6. The van der Waals surface area contributed by atoms with E-state index in [2.05, 4.69) is 10.3 Å². The first-order chi connectivity index (χ1) is 12.5. The highest BCUT2D eigenvalue weighted by Crippen LogP contribution is 2.27. The molecule has 0 aliphatic rings. The third kappa shape index (κ3) is 3.88. The van der Waals surface area contributed by atoms with Crippen LogP contribution in [0.5, 0.6) is 0 Å². The first-order valence-corrected chi connectivity index (χ1v) is 8.74. The fourth-order valence-electron chi connectivity index (χ4n) is 2.29. The van der Waals surface area contributed by atoms with Crippen molar-refractivity contribution in [2.24, 2.45) is 5.73 Å². The van der Waals surface area contributed by atoms with Crippen LogP contribution in [0.15, 0.2) is 47.8 Å². The molecule has 1 heterocycles. The fourth-order valence-corrected chi connectivity index (χ4v) is 3.20. The molecule has 9 heteroatoms. The van der Waals surface area contributed by atoms with Gasteiger partial charge in [0.05, 0.1) is 21.2 Å². The first-order valence-electron chi connectivity index (χ1n) is 7.48. The Morgan fingerprint density at radius 2 is 2.12 bits per heavy atom. The van der Waals surface area contributed by atoms with Crippen molar-refractivity contribution in [2.45, 2.75) is 6.54 Å². The summed E-state index contributed by atoms with van der Waals surface area (Å²) in [4.78, 5) is 27.1. The third-order valence-corrected chi connectivity index (χ3v) is 4.68. The van der Waals surface area contributed by atoms with Gasteiger partial charge >= 0.3 is 0 Å². The number of hydrogen-bond donors (Lipinski definition) is 2. The summed E-state index contributed by atoms with van der Waals surface area (Å²) in [6.07, 6.45) is 0. The van der Waals surface area contributed by atoms with Crippen LogP contribution in [0.1, 0.15) is 15.9 Å². The molecule has 0 saturated carbocycles. The number of halogens is 1. The minimum absolute atomic E-state index is 0.0164. The highest BCUT2D eigenvalue weighted by molar-refractivity contribution is 7.14. The normalized spacial score (nSPS) is 10.5. The molecule has 0 aliphatic heterocycles. The number of nitrogens with two attached hydrogens (primary N) is 1. The van der Waals surface area contributed by atoms with E-state index in [-0.39, 0.29) is 16.3 Å². The Hall–Kier alpha value is -2.81. The molecule has 0 aliphatic carbocycles. The van der Waals surface area contributed by atoms with Crippen molar-refractivity contribution in [3.05, 3.63) is 74.1 Å². The predicted molar refractivity (Wildman–Crippen MR) is 102 cm³/mol. The zero-order valence-electron chi connectivity index (χ0n) is 13.3. The number of amides is 1. The summed E-state index contributed by atoms with van der Waals surface area (Å²) >= 11 is 7.23. The lowest BCUT2D eigenvalue weighted by Gasteiger charge is -2.04. The lowest BCUT2D eigenvalue weighted by molar-refractivity contribution is -0.384. The molecule has 7 nitrogen and oxygen atoms in total. The number of nitro groups is 1. The van der Waals surface area contributed by atoms with Crippen LogP contribution in [0, 0.1) is 10.1 Å². The van der Waals surface area contributed by atoms with Gasteiger partial charge in [-0.1, -0.05) is 29.8 Å². The lowest BCUT2D eigenvalue weighted by atomic mass is 10.1. The Morgan fingerprint density at radius 1 is 1.31 bits per heavy atom. The van der Waals surface area contributed by atoms with Crippen LogP contribution >= 0.6 is 22.9 Å². The SMILES string of the molecule is NCc1cccc(-c2csc(NC(=O)c3cc([N+](=O)[O-])ccc3Cl)n2)c1. The number of nitrogens with zero attached hydrogens (tertiary/aromatic N) is 2. The number of benzene rings is 2. The van der Waals surface area contributed by atoms with E-state index in [0.717, 1.165) is 17.2 Å². The minimum Gasteiger partial charge on any atom is -0.326 e. The summed E-state index contributed by atoms with van der Waals surface area (Å²) < 4.78 is 0. The molecular formula is C17H13ClN4O3S. The molecular weight excluding hydrogens is 376 g/mol. The van der Waals surface area contributed by atoms with E-state index < -0.39 is 10.8 Å². The van der Waals surface area contributed by atoms with Crippen LogP contribution in [-0.2, 0) is 6.54 Å². The number of non-ortho nitro benzene ring substituents is 1. The number of carbonyl (C=O) groups excluding carboxylic acids is 1. The maximum absolute atomic E-state index is 12.4. The van der Waals surface area contributed by atoms with E-state index >= 15 is 0 Å². The average Bonchev–Trinajstić information content (AvgIpc) is 3.10. The Bertz CT molecular complexity index is 990. The minimum atomic E-state index is -0.584. The van der Waals surface area contributed by atoms with Gasteiger partial charge in [-0.3, -0.25) is 20.2 Å². The monoisotopic (exact) mass is 388 g/mol. The number of nitrogens with one attached hydrogen (secondary N) is 1. The van der Waals surface area contributed by atoms with Crippen molar-refractivity contribution in [1.29, 1.82) is 0 Å². The number of thiazole rings is 1. The van der Waals surface area contributed by atoms with Gasteiger partial charge < -0.3 is 5.73 Å². The molecule has 0 atom stereocenters. The molecule has 0 fully saturated rings.